The van der Waals surface area contributed by atoms with Crippen molar-refractivity contribution in [3.8, 4) is 0 Å². The average molecular weight is 318 g/mol. The first kappa shape index (κ1) is 14.3. The Morgan fingerprint density at radius 2 is 1.79 bits per heavy atom. The lowest BCUT2D eigenvalue weighted by Crippen LogP contribution is -2.36. The van der Waals surface area contributed by atoms with E-state index < -0.39 is 0 Å². The van der Waals surface area contributed by atoms with E-state index in [4.69, 9.17) is 5.73 Å². The van der Waals surface area contributed by atoms with Crippen molar-refractivity contribution in [2.75, 3.05) is 0 Å². The van der Waals surface area contributed by atoms with Gasteiger partial charge in [0.1, 0.15) is 0 Å². The number of benzene rings is 2. The predicted molar refractivity (Wildman–Crippen MR) is 85.3 cm³/mol. The minimum Gasteiger partial charge on any atom is -0.321 e. The van der Waals surface area contributed by atoms with Gasteiger partial charge < -0.3 is 5.73 Å². The summed E-state index contributed by atoms with van der Waals surface area (Å²) in [5, 5.41) is 0. The second-order valence-electron chi connectivity index (χ2n) is 5.50. The molecule has 0 amide bonds. The Morgan fingerprint density at radius 1 is 1.11 bits per heavy atom. The zero-order valence-electron chi connectivity index (χ0n) is 11.7. The molecule has 0 saturated heterocycles. The summed E-state index contributed by atoms with van der Waals surface area (Å²) in [6, 6.07) is 14.8. The molecule has 1 atom stereocenters. The minimum absolute atomic E-state index is 0.361. The highest BCUT2D eigenvalue weighted by molar-refractivity contribution is 9.10. The molecule has 0 fully saturated rings. The van der Waals surface area contributed by atoms with Crippen LogP contribution in [0.4, 0.5) is 0 Å². The third-order valence-electron chi connectivity index (χ3n) is 3.52. The molecule has 0 aliphatic rings. The van der Waals surface area contributed by atoms with Crippen LogP contribution in [0.3, 0.4) is 0 Å². The van der Waals surface area contributed by atoms with Crippen LogP contribution in [-0.4, -0.2) is 0 Å². The molecular weight excluding hydrogens is 298 g/mol. The minimum atomic E-state index is -0.361. The van der Waals surface area contributed by atoms with Gasteiger partial charge in [0, 0.05) is 10.0 Å². The second kappa shape index (κ2) is 5.48. The Kier molecular flexibility index (Phi) is 4.12. The number of rotatable bonds is 3. The molecule has 0 saturated carbocycles. The lowest BCUT2D eigenvalue weighted by molar-refractivity contribution is 0.487. The fourth-order valence-electron chi connectivity index (χ4n) is 2.48. The highest BCUT2D eigenvalue weighted by Gasteiger charge is 2.24. The van der Waals surface area contributed by atoms with Gasteiger partial charge in [0.05, 0.1) is 0 Å². The summed E-state index contributed by atoms with van der Waals surface area (Å²) in [4.78, 5) is 0. The van der Waals surface area contributed by atoms with E-state index in [1.54, 1.807) is 0 Å². The Hall–Kier alpha value is -1.12. The summed E-state index contributed by atoms with van der Waals surface area (Å²) in [5.41, 5.74) is 11.2. The van der Waals surface area contributed by atoms with Crippen LogP contribution in [0.1, 0.15) is 29.2 Å². The van der Waals surface area contributed by atoms with Crippen LogP contribution in [0.5, 0.6) is 0 Å². The largest absolute Gasteiger partial charge is 0.321 e. The molecule has 0 aliphatic heterocycles. The zero-order valence-corrected chi connectivity index (χ0v) is 13.3. The quantitative estimate of drug-likeness (QED) is 0.887. The SMILES string of the molecule is Cc1ccc(C)c(C(C)(N)Cc2ccccc2Br)c1. The summed E-state index contributed by atoms with van der Waals surface area (Å²) >= 11 is 3.60. The van der Waals surface area contributed by atoms with Crippen LogP contribution in [0.15, 0.2) is 46.9 Å². The molecule has 0 aliphatic carbocycles. The number of halogens is 1. The molecule has 0 radical (unpaired) electrons. The third-order valence-corrected chi connectivity index (χ3v) is 4.30. The average Bonchev–Trinajstić information content (AvgIpc) is 2.35. The molecule has 0 spiro atoms. The number of nitrogens with two attached hydrogens (primary N) is 1. The lowest BCUT2D eigenvalue weighted by Gasteiger charge is -2.28. The topological polar surface area (TPSA) is 26.0 Å². The van der Waals surface area contributed by atoms with Crippen molar-refractivity contribution in [2.45, 2.75) is 32.7 Å². The molecule has 1 unspecified atom stereocenters. The molecule has 0 heterocycles. The van der Waals surface area contributed by atoms with E-state index in [0.29, 0.717) is 0 Å². The van der Waals surface area contributed by atoms with Crippen molar-refractivity contribution in [3.05, 3.63) is 69.2 Å². The van der Waals surface area contributed by atoms with Crippen molar-refractivity contribution in [1.82, 2.24) is 0 Å². The van der Waals surface area contributed by atoms with Gasteiger partial charge in [0.15, 0.2) is 0 Å². The van der Waals surface area contributed by atoms with E-state index in [1.165, 1.54) is 22.3 Å². The fraction of sp³-hybridized carbons (Fsp3) is 0.294. The van der Waals surface area contributed by atoms with Gasteiger partial charge in [-0.25, -0.2) is 0 Å². The van der Waals surface area contributed by atoms with Crippen LogP contribution in [0.25, 0.3) is 0 Å². The van der Waals surface area contributed by atoms with Crippen LogP contribution in [0.2, 0.25) is 0 Å². The molecule has 2 heteroatoms. The van der Waals surface area contributed by atoms with Crippen molar-refractivity contribution in [3.63, 3.8) is 0 Å². The molecule has 100 valence electrons. The van der Waals surface area contributed by atoms with Gasteiger partial charge in [-0.1, -0.05) is 57.9 Å². The van der Waals surface area contributed by atoms with Gasteiger partial charge >= 0.3 is 0 Å². The Bertz CT molecular complexity index is 588. The molecule has 2 rings (SSSR count). The van der Waals surface area contributed by atoms with Gasteiger partial charge in [-0.2, -0.15) is 0 Å². The molecule has 19 heavy (non-hydrogen) atoms. The summed E-state index contributed by atoms with van der Waals surface area (Å²) in [7, 11) is 0. The first-order valence-corrected chi connectivity index (χ1v) is 7.29. The molecule has 1 nitrogen and oxygen atoms in total. The van der Waals surface area contributed by atoms with E-state index in [0.717, 1.165) is 10.9 Å². The zero-order chi connectivity index (χ0) is 14.0. The Morgan fingerprint density at radius 3 is 2.47 bits per heavy atom. The molecule has 2 aromatic rings. The summed E-state index contributed by atoms with van der Waals surface area (Å²) < 4.78 is 1.12. The van der Waals surface area contributed by atoms with E-state index in [2.05, 4.69) is 73.1 Å². The van der Waals surface area contributed by atoms with Crippen LogP contribution < -0.4 is 5.73 Å². The highest BCUT2D eigenvalue weighted by atomic mass is 79.9. The monoisotopic (exact) mass is 317 g/mol. The second-order valence-corrected chi connectivity index (χ2v) is 6.36. The first-order chi connectivity index (χ1) is 8.90. The molecule has 2 aromatic carbocycles. The van der Waals surface area contributed by atoms with Crippen molar-refractivity contribution >= 4 is 15.9 Å². The number of hydrogen-bond acceptors (Lipinski definition) is 1. The van der Waals surface area contributed by atoms with E-state index in [9.17, 15) is 0 Å². The lowest BCUT2D eigenvalue weighted by atomic mass is 9.83. The van der Waals surface area contributed by atoms with Gasteiger partial charge in [-0.15, -0.1) is 0 Å². The normalized spacial score (nSPS) is 14.2. The van der Waals surface area contributed by atoms with Crippen molar-refractivity contribution < 1.29 is 0 Å². The van der Waals surface area contributed by atoms with Gasteiger partial charge in [-0.3, -0.25) is 0 Å². The van der Waals surface area contributed by atoms with Gasteiger partial charge in [0.25, 0.3) is 0 Å². The van der Waals surface area contributed by atoms with Crippen LogP contribution >= 0.6 is 15.9 Å². The van der Waals surface area contributed by atoms with E-state index >= 15 is 0 Å². The maximum atomic E-state index is 6.59. The van der Waals surface area contributed by atoms with Gasteiger partial charge in [0.2, 0.25) is 0 Å². The fourth-order valence-corrected chi connectivity index (χ4v) is 2.91. The molecule has 0 bridgehead atoms. The smallest absolute Gasteiger partial charge is 0.0424 e. The molecule has 0 aromatic heterocycles. The van der Waals surface area contributed by atoms with E-state index in [1.807, 2.05) is 6.07 Å². The third kappa shape index (κ3) is 3.26. The summed E-state index contributed by atoms with van der Waals surface area (Å²) in [6.07, 6.45) is 0.818. The standard InChI is InChI=1S/C17H20BrN/c1-12-8-9-13(2)15(10-12)17(3,19)11-14-6-4-5-7-16(14)18/h4-10H,11,19H2,1-3H3. The van der Waals surface area contributed by atoms with Crippen molar-refractivity contribution in [1.29, 1.82) is 0 Å². The van der Waals surface area contributed by atoms with E-state index in [-0.39, 0.29) is 5.54 Å². The number of hydrogen-bond donors (Lipinski definition) is 1. The maximum absolute atomic E-state index is 6.59. The Labute approximate surface area is 124 Å². The maximum Gasteiger partial charge on any atom is 0.0424 e. The first-order valence-electron chi connectivity index (χ1n) is 6.50. The van der Waals surface area contributed by atoms with Crippen molar-refractivity contribution in [2.24, 2.45) is 5.73 Å². The molecular formula is C17H20BrN. The van der Waals surface area contributed by atoms with Crippen LogP contribution in [-0.2, 0) is 12.0 Å². The highest BCUT2D eigenvalue weighted by Crippen LogP contribution is 2.29. The molecule has 2 N–H and O–H groups in total. The number of aryl methyl sites for hydroxylation is 2. The Balaban J connectivity index is 2.37. The van der Waals surface area contributed by atoms with Crippen LogP contribution in [0, 0.1) is 13.8 Å². The predicted octanol–water partition coefficient (Wildman–Crippen LogP) is 4.48. The van der Waals surface area contributed by atoms with Gasteiger partial charge in [-0.05, 0) is 49.9 Å². The summed E-state index contributed by atoms with van der Waals surface area (Å²) in [5.74, 6) is 0. The summed E-state index contributed by atoms with van der Waals surface area (Å²) in [6.45, 7) is 6.34.